The molecule has 2 heterocycles. The molecule has 0 fully saturated rings. The molecule has 0 saturated carbocycles. The summed E-state index contributed by atoms with van der Waals surface area (Å²) < 4.78 is 0. The first-order valence-electron chi connectivity index (χ1n) is 10.2. The van der Waals surface area contributed by atoms with Gasteiger partial charge < -0.3 is 16.0 Å². The lowest BCUT2D eigenvalue weighted by atomic mass is 10.0. The molecule has 0 aliphatic heterocycles. The van der Waals surface area contributed by atoms with E-state index < -0.39 is 0 Å². The smallest absolute Gasteiger partial charge is 0.138 e. The van der Waals surface area contributed by atoms with Gasteiger partial charge in [0.15, 0.2) is 0 Å². The van der Waals surface area contributed by atoms with Crippen LogP contribution in [0.25, 0.3) is 44.5 Å². The van der Waals surface area contributed by atoms with Gasteiger partial charge in [-0.3, -0.25) is 4.98 Å². The second kappa shape index (κ2) is 8.06. The minimum atomic E-state index is 0.653. The van der Waals surface area contributed by atoms with E-state index in [9.17, 15) is 0 Å². The lowest BCUT2D eigenvalue weighted by molar-refractivity contribution is 0.695. The van der Waals surface area contributed by atoms with Crippen molar-refractivity contribution in [3.63, 3.8) is 0 Å². The van der Waals surface area contributed by atoms with E-state index in [2.05, 4.69) is 82.0 Å². The number of benzene rings is 3. The molecule has 2 aromatic heterocycles. The summed E-state index contributed by atoms with van der Waals surface area (Å²) in [5, 5.41) is 4.45. The number of nitrogens with one attached hydrogen (secondary N) is 2. The molecule has 5 rings (SSSR count). The van der Waals surface area contributed by atoms with Crippen molar-refractivity contribution in [1.29, 1.82) is 0 Å². The fourth-order valence-electron chi connectivity index (χ4n) is 3.69. The number of aromatic amines is 1. The maximum absolute atomic E-state index is 5.53. The van der Waals surface area contributed by atoms with Crippen LogP contribution >= 0.6 is 0 Å². The molecular weight excluding hydrogens is 370 g/mol. The predicted octanol–water partition coefficient (Wildman–Crippen LogP) is 4.49. The summed E-state index contributed by atoms with van der Waals surface area (Å²) in [4.78, 5) is 12.7. The molecule has 4 N–H and O–H groups in total. The number of pyridine rings is 1. The highest BCUT2D eigenvalue weighted by molar-refractivity contribution is 5.87. The molecular formula is C25H23N5. The van der Waals surface area contributed by atoms with Gasteiger partial charge in [-0.15, -0.1) is 0 Å². The Morgan fingerprint density at radius 1 is 0.833 bits per heavy atom. The first-order chi connectivity index (χ1) is 14.8. The number of rotatable bonds is 6. The van der Waals surface area contributed by atoms with Crippen molar-refractivity contribution in [2.75, 3.05) is 13.1 Å². The molecule has 5 heteroatoms. The van der Waals surface area contributed by atoms with Gasteiger partial charge in [0.1, 0.15) is 5.82 Å². The number of nitrogens with two attached hydrogens (primary N) is 1. The van der Waals surface area contributed by atoms with Crippen molar-refractivity contribution in [1.82, 2.24) is 20.3 Å². The van der Waals surface area contributed by atoms with Crippen molar-refractivity contribution in [2.45, 2.75) is 6.54 Å². The Kier molecular flexibility index (Phi) is 4.97. The Bertz CT molecular complexity index is 1300. The van der Waals surface area contributed by atoms with E-state index in [4.69, 9.17) is 10.7 Å². The van der Waals surface area contributed by atoms with E-state index in [0.717, 1.165) is 46.4 Å². The van der Waals surface area contributed by atoms with Crippen LogP contribution in [0.1, 0.15) is 5.56 Å². The number of imidazole rings is 1. The standard InChI is InChI=1S/C25H23N5/c26-11-13-27-16-17-3-5-18(6-4-17)20-9-10-22-24(14-20)30-25(29-22)21-8-7-19-2-1-12-28-23(19)15-21/h1-10,12,14-15,27H,11,13,16,26H2,(H,29,30). The number of aromatic nitrogens is 3. The predicted molar refractivity (Wildman–Crippen MR) is 123 cm³/mol. The van der Waals surface area contributed by atoms with Crippen molar-refractivity contribution in [3.05, 3.63) is 84.6 Å². The van der Waals surface area contributed by atoms with Crippen LogP contribution in [-0.2, 0) is 6.54 Å². The number of hydrogen-bond acceptors (Lipinski definition) is 4. The quantitative estimate of drug-likeness (QED) is 0.371. The molecule has 3 aromatic carbocycles. The van der Waals surface area contributed by atoms with Crippen LogP contribution in [-0.4, -0.2) is 28.0 Å². The highest BCUT2D eigenvalue weighted by Gasteiger charge is 2.08. The van der Waals surface area contributed by atoms with E-state index >= 15 is 0 Å². The van der Waals surface area contributed by atoms with E-state index in [1.807, 2.05) is 12.3 Å². The Balaban J connectivity index is 1.43. The van der Waals surface area contributed by atoms with Crippen LogP contribution in [0.3, 0.4) is 0 Å². The summed E-state index contributed by atoms with van der Waals surface area (Å²) in [6.45, 7) is 2.31. The molecule has 0 atom stereocenters. The van der Waals surface area contributed by atoms with E-state index in [1.54, 1.807) is 0 Å². The van der Waals surface area contributed by atoms with Gasteiger partial charge in [-0.2, -0.15) is 0 Å². The second-order valence-electron chi connectivity index (χ2n) is 7.39. The molecule has 0 saturated heterocycles. The van der Waals surface area contributed by atoms with Crippen LogP contribution in [0.4, 0.5) is 0 Å². The molecule has 0 amide bonds. The second-order valence-corrected chi connectivity index (χ2v) is 7.39. The molecule has 148 valence electrons. The van der Waals surface area contributed by atoms with Gasteiger partial charge in [0.2, 0.25) is 0 Å². The van der Waals surface area contributed by atoms with Gasteiger partial charge in [-0.05, 0) is 41.0 Å². The molecule has 5 aromatic rings. The third-order valence-corrected chi connectivity index (χ3v) is 5.30. The van der Waals surface area contributed by atoms with Gasteiger partial charge in [-0.1, -0.05) is 48.5 Å². The van der Waals surface area contributed by atoms with Crippen LogP contribution < -0.4 is 11.1 Å². The fraction of sp³-hybridized carbons (Fsp3) is 0.120. The van der Waals surface area contributed by atoms with E-state index in [1.165, 1.54) is 16.7 Å². The summed E-state index contributed by atoms with van der Waals surface area (Å²) in [7, 11) is 0. The summed E-state index contributed by atoms with van der Waals surface area (Å²) in [5.41, 5.74) is 13.1. The summed E-state index contributed by atoms with van der Waals surface area (Å²) in [6, 6.07) is 25.2. The van der Waals surface area contributed by atoms with Crippen LogP contribution in [0.5, 0.6) is 0 Å². The molecule has 0 bridgehead atoms. The van der Waals surface area contributed by atoms with Gasteiger partial charge in [0.05, 0.1) is 16.6 Å². The molecule has 0 radical (unpaired) electrons. The molecule has 0 spiro atoms. The summed E-state index contributed by atoms with van der Waals surface area (Å²) in [6.07, 6.45) is 1.82. The Labute approximate surface area is 175 Å². The zero-order chi connectivity index (χ0) is 20.3. The molecule has 30 heavy (non-hydrogen) atoms. The highest BCUT2D eigenvalue weighted by Crippen LogP contribution is 2.27. The maximum atomic E-state index is 5.53. The summed E-state index contributed by atoms with van der Waals surface area (Å²) in [5.74, 6) is 0.857. The Hall–Kier alpha value is -3.54. The first kappa shape index (κ1) is 18.5. The molecule has 0 aliphatic carbocycles. The van der Waals surface area contributed by atoms with Crippen molar-refractivity contribution in [2.24, 2.45) is 5.73 Å². The van der Waals surface area contributed by atoms with Gasteiger partial charge in [-0.25, -0.2) is 4.98 Å². The average Bonchev–Trinajstić information content (AvgIpc) is 3.23. The third-order valence-electron chi connectivity index (χ3n) is 5.30. The normalized spacial score (nSPS) is 11.4. The monoisotopic (exact) mass is 393 g/mol. The molecule has 0 aliphatic rings. The van der Waals surface area contributed by atoms with Gasteiger partial charge in [0.25, 0.3) is 0 Å². The van der Waals surface area contributed by atoms with Crippen LogP contribution in [0.15, 0.2) is 79.0 Å². The number of H-pyrrole nitrogens is 1. The average molecular weight is 393 g/mol. The van der Waals surface area contributed by atoms with Gasteiger partial charge >= 0.3 is 0 Å². The largest absolute Gasteiger partial charge is 0.338 e. The zero-order valence-electron chi connectivity index (χ0n) is 16.6. The summed E-state index contributed by atoms with van der Waals surface area (Å²) >= 11 is 0. The van der Waals surface area contributed by atoms with Gasteiger partial charge in [0, 0.05) is 36.8 Å². The van der Waals surface area contributed by atoms with Crippen LogP contribution in [0.2, 0.25) is 0 Å². The first-order valence-corrected chi connectivity index (χ1v) is 10.2. The lowest BCUT2D eigenvalue weighted by Crippen LogP contribution is -2.21. The SMILES string of the molecule is NCCNCc1ccc(-c2ccc3nc(-c4ccc5cccnc5c4)[nH]c3c2)cc1. The van der Waals surface area contributed by atoms with Crippen molar-refractivity contribution in [3.8, 4) is 22.5 Å². The maximum Gasteiger partial charge on any atom is 0.138 e. The van der Waals surface area contributed by atoms with E-state index in [-0.39, 0.29) is 0 Å². The Morgan fingerprint density at radius 3 is 2.53 bits per heavy atom. The molecule has 5 nitrogen and oxygen atoms in total. The minimum Gasteiger partial charge on any atom is -0.338 e. The Morgan fingerprint density at radius 2 is 1.67 bits per heavy atom. The molecule has 0 unspecified atom stereocenters. The van der Waals surface area contributed by atoms with Crippen LogP contribution in [0, 0.1) is 0 Å². The fourth-order valence-corrected chi connectivity index (χ4v) is 3.69. The minimum absolute atomic E-state index is 0.653. The van der Waals surface area contributed by atoms with Crippen molar-refractivity contribution >= 4 is 21.9 Å². The number of nitrogens with zero attached hydrogens (tertiary/aromatic N) is 2. The topological polar surface area (TPSA) is 79.6 Å². The number of hydrogen-bond donors (Lipinski definition) is 3. The van der Waals surface area contributed by atoms with Crippen molar-refractivity contribution < 1.29 is 0 Å². The number of fused-ring (bicyclic) bond motifs is 2. The highest BCUT2D eigenvalue weighted by atomic mass is 14.9. The lowest BCUT2D eigenvalue weighted by Gasteiger charge is -2.06. The zero-order valence-corrected chi connectivity index (χ0v) is 16.6. The van der Waals surface area contributed by atoms with E-state index in [0.29, 0.717) is 6.54 Å². The third kappa shape index (κ3) is 3.68.